The number of anilines is 1. The van der Waals surface area contributed by atoms with E-state index in [-0.39, 0.29) is 5.91 Å². The zero-order valence-corrected chi connectivity index (χ0v) is 11.5. The van der Waals surface area contributed by atoms with E-state index in [0.717, 1.165) is 24.5 Å². The van der Waals surface area contributed by atoms with Crippen molar-refractivity contribution in [1.82, 2.24) is 5.32 Å². The molecule has 2 aliphatic rings. The summed E-state index contributed by atoms with van der Waals surface area (Å²) in [6.45, 7) is 5.68. The summed E-state index contributed by atoms with van der Waals surface area (Å²) in [5.74, 6) is 1.21. The molecule has 2 N–H and O–H groups in total. The Labute approximate surface area is 113 Å². The standard InChI is InChI=1S/C15H20N2O2/c1-15(2)14(18)17-12-8-10(5-6-13(12)19-15)11-4-3-7-16-9-11/h5-6,8,11,16H,3-4,7,9H2,1-2H3,(H,17,18). The first kappa shape index (κ1) is 12.5. The second kappa shape index (κ2) is 4.53. The number of amides is 1. The maximum atomic E-state index is 11.9. The maximum absolute atomic E-state index is 11.9. The van der Waals surface area contributed by atoms with E-state index in [1.165, 1.54) is 18.4 Å². The van der Waals surface area contributed by atoms with E-state index in [1.807, 2.05) is 6.07 Å². The number of carbonyl (C=O) groups is 1. The van der Waals surface area contributed by atoms with Crippen LogP contribution in [0.1, 0.15) is 38.2 Å². The summed E-state index contributed by atoms with van der Waals surface area (Å²) in [4.78, 5) is 11.9. The van der Waals surface area contributed by atoms with Crippen molar-refractivity contribution < 1.29 is 9.53 Å². The van der Waals surface area contributed by atoms with Crippen LogP contribution in [0.25, 0.3) is 0 Å². The molecule has 2 heterocycles. The summed E-state index contributed by atoms with van der Waals surface area (Å²) in [5, 5.41) is 6.36. The predicted octanol–water partition coefficient (Wildman–Crippen LogP) is 2.26. The molecule has 1 amide bonds. The Kier molecular flexibility index (Phi) is 2.97. The SMILES string of the molecule is CC1(C)Oc2ccc(C3CCCNC3)cc2NC1=O. The average molecular weight is 260 g/mol. The minimum absolute atomic E-state index is 0.0843. The molecule has 3 rings (SSSR count). The largest absolute Gasteiger partial charge is 0.476 e. The quantitative estimate of drug-likeness (QED) is 0.814. The minimum Gasteiger partial charge on any atom is -0.476 e. The van der Waals surface area contributed by atoms with Gasteiger partial charge in [0, 0.05) is 6.54 Å². The molecule has 0 bridgehead atoms. The molecular weight excluding hydrogens is 240 g/mol. The van der Waals surface area contributed by atoms with Gasteiger partial charge in [0.2, 0.25) is 0 Å². The number of hydrogen-bond donors (Lipinski definition) is 2. The molecule has 0 aromatic heterocycles. The predicted molar refractivity (Wildman–Crippen MR) is 74.6 cm³/mol. The summed E-state index contributed by atoms with van der Waals surface area (Å²) in [6.07, 6.45) is 2.41. The van der Waals surface area contributed by atoms with Crippen molar-refractivity contribution in [3.05, 3.63) is 23.8 Å². The summed E-state index contributed by atoms with van der Waals surface area (Å²) in [7, 11) is 0. The van der Waals surface area contributed by atoms with E-state index < -0.39 is 5.60 Å². The van der Waals surface area contributed by atoms with Crippen LogP contribution in [-0.4, -0.2) is 24.6 Å². The van der Waals surface area contributed by atoms with Crippen LogP contribution in [0.2, 0.25) is 0 Å². The van der Waals surface area contributed by atoms with E-state index in [2.05, 4.69) is 22.8 Å². The fourth-order valence-corrected chi connectivity index (χ4v) is 2.72. The van der Waals surface area contributed by atoms with Gasteiger partial charge >= 0.3 is 0 Å². The van der Waals surface area contributed by atoms with Gasteiger partial charge in [0.05, 0.1) is 5.69 Å². The van der Waals surface area contributed by atoms with Crippen molar-refractivity contribution in [2.24, 2.45) is 0 Å². The Morgan fingerprint density at radius 2 is 2.21 bits per heavy atom. The van der Waals surface area contributed by atoms with Crippen molar-refractivity contribution >= 4 is 11.6 Å². The van der Waals surface area contributed by atoms with Crippen molar-refractivity contribution in [2.45, 2.75) is 38.2 Å². The van der Waals surface area contributed by atoms with Gasteiger partial charge in [-0.15, -0.1) is 0 Å². The lowest BCUT2D eigenvalue weighted by Crippen LogP contribution is -2.45. The van der Waals surface area contributed by atoms with Gasteiger partial charge in [-0.2, -0.15) is 0 Å². The Morgan fingerprint density at radius 3 is 2.95 bits per heavy atom. The van der Waals surface area contributed by atoms with Gasteiger partial charge in [-0.3, -0.25) is 4.79 Å². The third-order valence-electron chi connectivity index (χ3n) is 3.93. The molecule has 2 aliphatic heterocycles. The van der Waals surface area contributed by atoms with Gasteiger partial charge in [-0.1, -0.05) is 6.07 Å². The van der Waals surface area contributed by atoms with Gasteiger partial charge in [0.15, 0.2) is 5.60 Å². The summed E-state index contributed by atoms with van der Waals surface area (Å²) in [5.41, 5.74) is 1.28. The average Bonchev–Trinajstić information content (AvgIpc) is 2.40. The number of carbonyl (C=O) groups excluding carboxylic acids is 1. The molecule has 1 fully saturated rings. The Balaban J connectivity index is 1.88. The van der Waals surface area contributed by atoms with Crippen LogP contribution in [0.5, 0.6) is 5.75 Å². The molecule has 4 heteroatoms. The zero-order valence-electron chi connectivity index (χ0n) is 11.5. The van der Waals surface area contributed by atoms with Crippen LogP contribution in [0, 0.1) is 0 Å². The monoisotopic (exact) mass is 260 g/mol. The molecule has 0 radical (unpaired) electrons. The molecule has 4 nitrogen and oxygen atoms in total. The topological polar surface area (TPSA) is 50.4 Å². The van der Waals surface area contributed by atoms with Crippen molar-refractivity contribution in [2.75, 3.05) is 18.4 Å². The number of ether oxygens (including phenoxy) is 1. The highest BCUT2D eigenvalue weighted by molar-refractivity contribution is 6.00. The molecule has 0 spiro atoms. The van der Waals surface area contributed by atoms with Gasteiger partial charge in [-0.05, 0) is 56.8 Å². The van der Waals surface area contributed by atoms with Crippen molar-refractivity contribution in [3.8, 4) is 5.75 Å². The number of benzene rings is 1. The lowest BCUT2D eigenvalue weighted by Gasteiger charge is -2.32. The number of nitrogens with one attached hydrogen (secondary N) is 2. The molecular formula is C15H20N2O2. The van der Waals surface area contributed by atoms with Crippen LogP contribution in [0.4, 0.5) is 5.69 Å². The fourth-order valence-electron chi connectivity index (χ4n) is 2.72. The number of piperidine rings is 1. The Morgan fingerprint density at radius 1 is 1.37 bits per heavy atom. The summed E-state index contributed by atoms with van der Waals surface area (Å²) >= 11 is 0. The summed E-state index contributed by atoms with van der Waals surface area (Å²) < 4.78 is 5.75. The first-order valence-corrected chi connectivity index (χ1v) is 6.91. The fraction of sp³-hybridized carbons (Fsp3) is 0.533. The van der Waals surface area contributed by atoms with E-state index in [4.69, 9.17) is 4.74 Å². The molecule has 1 aromatic carbocycles. The Bertz CT molecular complexity index is 505. The highest BCUT2D eigenvalue weighted by atomic mass is 16.5. The maximum Gasteiger partial charge on any atom is 0.268 e. The molecule has 1 atom stereocenters. The zero-order chi connectivity index (χ0) is 13.5. The van der Waals surface area contributed by atoms with E-state index in [0.29, 0.717) is 5.92 Å². The molecule has 0 saturated carbocycles. The second-order valence-corrected chi connectivity index (χ2v) is 5.87. The van der Waals surface area contributed by atoms with Gasteiger partial charge < -0.3 is 15.4 Å². The van der Waals surface area contributed by atoms with Crippen molar-refractivity contribution in [1.29, 1.82) is 0 Å². The Hall–Kier alpha value is -1.55. The smallest absolute Gasteiger partial charge is 0.268 e. The highest BCUT2D eigenvalue weighted by Crippen LogP contribution is 2.36. The lowest BCUT2D eigenvalue weighted by molar-refractivity contribution is -0.129. The van der Waals surface area contributed by atoms with Crippen LogP contribution < -0.4 is 15.4 Å². The van der Waals surface area contributed by atoms with Gasteiger partial charge in [0.25, 0.3) is 5.91 Å². The van der Waals surface area contributed by atoms with Crippen LogP contribution in [-0.2, 0) is 4.79 Å². The van der Waals surface area contributed by atoms with E-state index >= 15 is 0 Å². The van der Waals surface area contributed by atoms with Gasteiger partial charge in [0.1, 0.15) is 5.75 Å². The number of rotatable bonds is 1. The normalized spacial score (nSPS) is 25.2. The van der Waals surface area contributed by atoms with Crippen molar-refractivity contribution in [3.63, 3.8) is 0 Å². The molecule has 1 saturated heterocycles. The first-order chi connectivity index (χ1) is 9.06. The second-order valence-electron chi connectivity index (χ2n) is 5.87. The van der Waals surface area contributed by atoms with Crippen LogP contribution in [0.15, 0.2) is 18.2 Å². The van der Waals surface area contributed by atoms with Gasteiger partial charge in [-0.25, -0.2) is 0 Å². The molecule has 19 heavy (non-hydrogen) atoms. The third-order valence-corrected chi connectivity index (χ3v) is 3.93. The van der Waals surface area contributed by atoms with Crippen LogP contribution in [0.3, 0.4) is 0 Å². The molecule has 1 aromatic rings. The third kappa shape index (κ3) is 2.32. The molecule has 0 aliphatic carbocycles. The first-order valence-electron chi connectivity index (χ1n) is 6.91. The number of hydrogen-bond acceptors (Lipinski definition) is 3. The minimum atomic E-state index is -0.791. The van der Waals surface area contributed by atoms with E-state index in [9.17, 15) is 4.79 Å². The van der Waals surface area contributed by atoms with Crippen LogP contribution >= 0.6 is 0 Å². The highest BCUT2D eigenvalue weighted by Gasteiger charge is 2.35. The molecule has 102 valence electrons. The number of fused-ring (bicyclic) bond motifs is 1. The molecule has 1 unspecified atom stereocenters. The summed E-state index contributed by atoms with van der Waals surface area (Å²) in [6, 6.07) is 6.14. The van der Waals surface area contributed by atoms with E-state index in [1.54, 1.807) is 13.8 Å². The lowest BCUT2D eigenvalue weighted by atomic mass is 9.91.